The summed E-state index contributed by atoms with van der Waals surface area (Å²) in [6.45, 7) is 3.06. The number of nitrogens with one attached hydrogen (secondary N) is 2. The van der Waals surface area contributed by atoms with Crippen LogP contribution in [-0.4, -0.2) is 64.3 Å². The summed E-state index contributed by atoms with van der Waals surface area (Å²) in [5.41, 5.74) is 3.71. The van der Waals surface area contributed by atoms with Crippen molar-refractivity contribution < 1.29 is 28.3 Å². The van der Waals surface area contributed by atoms with Crippen LogP contribution in [0.5, 0.6) is 0 Å². The Balaban J connectivity index is 0.994. The Kier molecular flexibility index (Phi) is 9.09. The number of nitrogens with zero attached hydrogens (tertiary/aromatic N) is 3. The predicted octanol–water partition coefficient (Wildman–Crippen LogP) is 5.56. The third kappa shape index (κ3) is 7.09. The topological polar surface area (TPSA) is 134 Å². The van der Waals surface area contributed by atoms with Crippen molar-refractivity contribution in [2.75, 3.05) is 30.3 Å². The number of ether oxygens (including phenoxy) is 1. The quantitative estimate of drug-likeness (QED) is 0.263. The van der Waals surface area contributed by atoms with E-state index in [1.807, 2.05) is 54.6 Å². The summed E-state index contributed by atoms with van der Waals surface area (Å²) >= 11 is 0. The van der Waals surface area contributed by atoms with Gasteiger partial charge in [0.2, 0.25) is 23.6 Å². The molecule has 4 amide bonds. The molecule has 6 rings (SSSR count). The molecule has 2 fully saturated rings. The molecule has 0 bridgehead atoms. The average Bonchev–Trinajstić information content (AvgIpc) is 3.86. The number of benzene rings is 3. The zero-order valence-corrected chi connectivity index (χ0v) is 25.5. The molecule has 0 radical (unpaired) electrons. The van der Waals surface area contributed by atoms with Crippen LogP contribution in [0.25, 0.3) is 22.8 Å². The van der Waals surface area contributed by atoms with E-state index in [-0.39, 0.29) is 30.2 Å². The molecule has 2 aliphatic heterocycles. The molecule has 2 saturated heterocycles. The molecule has 0 saturated carbocycles. The minimum atomic E-state index is -0.442. The number of likely N-dealkylation sites (tertiary alicyclic amines) is 2. The van der Waals surface area contributed by atoms with Crippen LogP contribution in [-0.2, 0) is 25.7 Å². The maximum absolute atomic E-state index is 12.9. The maximum atomic E-state index is 12.9. The van der Waals surface area contributed by atoms with E-state index in [4.69, 9.17) is 9.15 Å². The van der Waals surface area contributed by atoms with Gasteiger partial charge in [-0.1, -0.05) is 30.3 Å². The predicted molar refractivity (Wildman–Crippen MR) is 171 cm³/mol. The summed E-state index contributed by atoms with van der Waals surface area (Å²) in [7, 11) is 0. The Morgan fingerprint density at radius 3 is 2.22 bits per heavy atom. The Bertz CT molecular complexity index is 1700. The van der Waals surface area contributed by atoms with Gasteiger partial charge in [0.15, 0.2) is 5.76 Å². The summed E-state index contributed by atoms with van der Waals surface area (Å²) in [6, 6.07) is 23.5. The molecule has 2 N–H and O–H groups in total. The van der Waals surface area contributed by atoms with Crippen LogP contribution < -0.4 is 10.6 Å². The molecule has 2 aliphatic rings. The fraction of sp³-hybridized carbons (Fsp3) is 0.286. The van der Waals surface area contributed by atoms with Crippen molar-refractivity contribution in [3.63, 3.8) is 0 Å². The highest BCUT2D eigenvalue weighted by molar-refractivity contribution is 5.97. The van der Waals surface area contributed by atoms with Crippen LogP contribution in [0.3, 0.4) is 0 Å². The number of amides is 4. The second kappa shape index (κ2) is 13.7. The molecule has 236 valence electrons. The van der Waals surface area contributed by atoms with Crippen molar-refractivity contribution in [2.45, 2.75) is 38.8 Å². The van der Waals surface area contributed by atoms with Gasteiger partial charge in [0.05, 0.1) is 12.1 Å². The Hall–Kier alpha value is -5.45. The van der Waals surface area contributed by atoms with Gasteiger partial charge in [-0.15, -0.1) is 0 Å². The lowest BCUT2D eigenvalue weighted by molar-refractivity contribution is -0.134. The van der Waals surface area contributed by atoms with E-state index in [2.05, 4.69) is 15.6 Å². The molecule has 0 aliphatic carbocycles. The first-order valence-electron chi connectivity index (χ1n) is 15.4. The monoisotopic (exact) mass is 621 g/mol. The van der Waals surface area contributed by atoms with Gasteiger partial charge in [-0.25, -0.2) is 9.78 Å². The van der Waals surface area contributed by atoms with Crippen molar-refractivity contribution in [3.8, 4) is 22.8 Å². The van der Waals surface area contributed by atoms with Crippen molar-refractivity contribution in [2.24, 2.45) is 5.92 Å². The highest BCUT2D eigenvalue weighted by atomic mass is 16.6. The summed E-state index contributed by atoms with van der Waals surface area (Å²) in [4.78, 5) is 57.5. The van der Waals surface area contributed by atoms with Gasteiger partial charge in [0.1, 0.15) is 12.6 Å². The molecule has 3 aromatic carbocycles. The third-order valence-electron chi connectivity index (χ3n) is 8.32. The second-order valence-electron chi connectivity index (χ2n) is 11.5. The van der Waals surface area contributed by atoms with Crippen LogP contribution in [0.4, 0.5) is 16.2 Å². The smallest absolute Gasteiger partial charge is 0.410 e. The summed E-state index contributed by atoms with van der Waals surface area (Å²) in [5, 5.41) is 5.84. The highest BCUT2D eigenvalue weighted by Gasteiger charge is 2.33. The zero-order chi connectivity index (χ0) is 32.0. The van der Waals surface area contributed by atoms with Gasteiger partial charge in [0, 0.05) is 49.1 Å². The molecular formula is C35H35N5O6. The first kappa shape index (κ1) is 30.6. The van der Waals surface area contributed by atoms with Crippen molar-refractivity contribution in [3.05, 3.63) is 90.6 Å². The van der Waals surface area contributed by atoms with Gasteiger partial charge in [0.25, 0.3) is 0 Å². The highest BCUT2D eigenvalue weighted by Crippen LogP contribution is 2.29. The first-order chi connectivity index (χ1) is 22.3. The first-order valence-corrected chi connectivity index (χ1v) is 15.4. The van der Waals surface area contributed by atoms with Gasteiger partial charge in [-0.2, -0.15) is 0 Å². The maximum Gasteiger partial charge on any atom is 0.410 e. The van der Waals surface area contributed by atoms with Crippen LogP contribution in [0.1, 0.15) is 31.7 Å². The molecule has 4 aromatic rings. The number of hydrogen-bond acceptors (Lipinski definition) is 7. The van der Waals surface area contributed by atoms with E-state index >= 15 is 0 Å². The normalized spacial score (nSPS) is 17.5. The molecule has 0 spiro atoms. The van der Waals surface area contributed by atoms with Crippen LogP contribution in [0.2, 0.25) is 0 Å². The number of oxazole rings is 1. The lowest BCUT2D eigenvalue weighted by Crippen LogP contribution is -2.42. The van der Waals surface area contributed by atoms with E-state index in [9.17, 15) is 19.2 Å². The minimum Gasteiger partial charge on any atom is -0.445 e. The van der Waals surface area contributed by atoms with Crippen molar-refractivity contribution in [1.82, 2.24) is 14.8 Å². The Morgan fingerprint density at radius 2 is 1.52 bits per heavy atom. The molecule has 2 atom stereocenters. The van der Waals surface area contributed by atoms with Gasteiger partial charge in [-0.05, 0) is 73.4 Å². The number of carbonyl (C=O) groups excluding carboxylic acids is 4. The van der Waals surface area contributed by atoms with Crippen LogP contribution >= 0.6 is 0 Å². The number of hydrogen-bond donors (Lipinski definition) is 2. The molecule has 1 aromatic heterocycles. The molecule has 11 heteroatoms. The second-order valence-corrected chi connectivity index (χ2v) is 11.5. The van der Waals surface area contributed by atoms with E-state index in [1.165, 1.54) is 6.92 Å². The number of anilines is 2. The van der Waals surface area contributed by atoms with E-state index in [1.54, 1.807) is 40.3 Å². The van der Waals surface area contributed by atoms with Crippen LogP contribution in [0, 0.1) is 5.92 Å². The number of aromatic nitrogens is 1. The van der Waals surface area contributed by atoms with Gasteiger partial charge < -0.3 is 29.6 Å². The van der Waals surface area contributed by atoms with Crippen LogP contribution in [0.15, 0.2) is 89.5 Å². The van der Waals surface area contributed by atoms with Gasteiger partial charge in [-0.3, -0.25) is 14.4 Å². The number of carbonyl (C=O) groups is 4. The van der Waals surface area contributed by atoms with Crippen molar-refractivity contribution >= 4 is 35.2 Å². The SMILES string of the molecule is CC(=O)N1CCC[C@H]1C(=O)Nc1ccc(-c2cnc(-c3ccc(NC(=O)C4CCN(C(=O)OCc5ccccc5)C4)cc3)o2)cc1. The largest absolute Gasteiger partial charge is 0.445 e. The molecule has 46 heavy (non-hydrogen) atoms. The molecule has 11 nitrogen and oxygen atoms in total. The standard InChI is InChI=1S/C35H35N5O6/c1-23(41)40-18-5-8-30(40)33(43)38-29-13-9-25(10-14-29)31-20-36-34(46-31)26-11-15-28(16-12-26)37-32(42)27-17-19-39(21-27)35(44)45-22-24-6-3-2-4-7-24/h2-4,6-7,9-16,20,27,30H,5,8,17-19,21-22H2,1H3,(H,37,42)(H,38,43)/t27?,30-/m0/s1. The fourth-order valence-corrected chi connectivity index (χ4v) is 5.79. The summed E-state index contributed by atoms with van der Waals surface area (Å²) in [6.07, 6.45) is 3.26. The Labute approximate surface area is 266 Å². The average molecular weight is 622 g/mol. The molecule has 1 unspecified atom stereocenters. The Morgan fingerprint density at radius 1 is 0.848 bits per heavy atom. The lowest BCUT2D eigenvalue weighted by atomic mass is 10.1. The van der Waals surface area contributed by atoms with E-state index in [0.717, 1.165) is 23.1 Å². The molecule has 3 heterocycles. The summed E-state index contributed by atoms with van der Waals surface area (Å²) in [5.74, 6) is 0.239. The number of rotatable bonds is 8. The molecular weight excluding hydrogens is 586 g/mol. The minimum absolute atomic E-state index is 0.0930. The lowest BCUT2D eigenvalue weighted by Gasteiger charge is -2.22. The van der Waals surface area contributed by atoms with E-state index < -0.39 is 12.1 Å². The summed E-state index contributed by atoms with van der Waals surface area (Å²) < 4.78 is 11.4. The van der Waals surface area contributed by atoms with Crippen molar-refractivity contribution in [1.29, 1.82) is 0 Å². The fourth-order valence-electron chi connectivity index (χ4n) is 5.79. The third-order valence-corrected chi connectivity index (χ3v) is 8.32. The van der Waals surface area contributed by atoms with Gasteiger partial charge >= 0.3 is 6.09 Å². The van der Waals surface area contributed by atoms with E-state index in [0.29, 0.717) is 55.5 Å². The zero-order valence-electron chi connectivity index (χ0n) is 25.5.